The number of rotatable bonds is 21. The van der Waals surface area contributed by atoms with E-state index in [1.807, 2.05) is 13.8 Å². The maximum Gasteiger partial charge on any atom is 0.228 e. The molecule has 0 spiro atoms. The van der Waals surface area contributed by atoms with Gasteiger partial charge in [-0.3, -0.25) is 14.4 Å². The number of ether oxygens (including phenoxy) is 4. The number of carbonyl (C=O) groups excluding carboxylic acids is 3. The van der Waals surface area contributed by atoms with Gasteiger partial charge in [-0.25, -0.2) is 0 Å². The number of hydrogen-bond donors (Lipinski definition) is 3. The van der Waals surface area contributed by atoms with E-state index < -0.39 is 23.6 Å². The van der Waals surface area contributed by atoms with Crippen LogP contribution in [-0.4, -0.2) is 44.1 Å². The van der Waals surface area contributed by atoms with Crippen molar-refractivity contribution in [3.05, 3.63) is 66.7 Å². The van der Waals surface area contributed by atoms with E-state index in [1.54, 1.807) is 66.7 Å². The van der Waals surface area contributed by atoms with Crippen LogP contribution in [0.25, 0.3) is 0 Å². The number of benzene rings is 3. The molecule has 3 amide bonds. The van der Waals surface area contributed by atoms with Crippen LogP contribution in [0.1, 0.15) is 72.6 Å². The Hall–Kier alpha value is -4.73. The summed E-state index contributed by atoms with van der Waals surface area (Å²) in [4.78, 5) is 40.0. The Morgan fingerprint density at radius 3 is 1.64 bits per heavy atom. The fourth-order valence-corrected chi connectivity index (χ4v) is 4.49. The number of anilines is 3. The van der Waals surface area contributed by atoms with Crippen LogP contribution in [0.2, 0.25) is 0 Å². The zero-order valence-electron chi connectivity index (χ0n) is 28.1. The highest BCUT2D eigenvalue weighted by Crippen LogP contribution is 2.30. The minimum atomic E-state index is -0.963. The summed E-state index contributed by atoms with van der Waals surface area (Å²) < 4.78 is 22.9. The van der Waals surface area contributed by atoms with Crippen LogP contribution in [0.5, 0.6) is 23.0 Å². The molecule has 0 aromatic heterocycles. The van der Waals surface area contributed by atoms with Gasteiger partial charge >= 0.3 is 0 Å². The van der Waals surface area contributed by atoms with Gasteiger partial charge in [0.1, 0.15) is 23.0 Å². The van der Waals surface area contributed by atoms with E-state index in [2.05, 4.69) is 29.8 Å². The number of hydrogen-bond acceptors (Lipinski definition) is 7. The molecule has 0 aliphatic rings. The van der Waals surface area contributed by atoms with Crippen molar-refractivity contribution in [2.75, 3.05) is 42.4 Å². The molecule has 47 heavy (non-hydrogen) atoms. The third-order valence-corrected chi connectivity index (χ3v) is 7.03. The molecular weight excluding hydrogens is 598 g/mol. The number of unbranched alkanes of at least 4 members (excludes halogenated alkanes) is 2. The van der Waals surface area contributed by atoms with Crippen molar-refractivity contribution in [1.29, 1.82) is 0 Å². The highest BCUT2D eigenvalue weighted by molar-refractivity contribution is 6.02. The molecule has 0 fully saturated rings. The highest BCUT2D eigenvalue weighted by Gasteiger charge is 2.26. The zero-order chi connectivity index (χ0) is 33.9. The van der Waals surface area contributed by atoms with Gasteiger partial charge in [0.25, 0.3) is 0 Å². The second-order valence-corrected chi connectivity index (χ2v) is 11.1. The summed E-state index contributed by atoms with van der Waals surface area (Å²) in [6.45, 7) is 10.2. The molecule has 1 unspecified atom stereocenters. The van der Waals surface area contributed by atoms with E-state index >= 15 is 0 Å². The molecule has 0 bridgehead atoms. The Balaban J connectivity index is 1.72. The molecule has 0 saturated heterocycles. The molecule has 3 aromatic rings. The standard InChI is InChI=1S/C37H49N3O7/c1-5-9-22-46-31-15-11-28(12-16-31)38-35(41)24-27(37(43)39-29-13-17-30(18-14-29)45-21-7-3)25-36(42)40-33-20-19-32(47-23-10-6-2)26-34(33)44-8-4/h11-20,26-27H,5-10,21-25H2,1-4H3,(H,38,41)(H,39,43)(H,40,42). The van der Waals surface area contributed by atoms with Gasteiger partial charge in [-0.2, -0.15) is 0 Å². The summed E-state index contributed by atoms with van der Waals surface area (Å²) in [5.74, 6) is 0.246. The van der Waals surface area contributed by atoms with Crippen LogP contribution in [0.3, 0.4) is 0 Å². The van der Waals surface area contributed by atoms with Crippen molar-refractivity contribution in [3.8, 4) is 23.0 Å². The lowest BCUT2D eigenvalue weighted by atomic mass is 9.98. The van der Waals surface area contributed by atoms with E-state index in [9.17, 15) is 14.4 Å². The van der Waals surface area contributed by atoms with Gasteiger partial charge in [-0.15, -0.1) is 0 Å². The van der Waals surface area contributed by atoms with Crippen molar-refractivity contribution >= 4 is 34.8 Å². The Morgan fingerprint density at radius 2 is 1.09 bits per heavy atom. The third-order valence-electron chi connectivity index (χ3n) is 7.03. The summed E-state index contributed by atoms with van der Waals surface area (Å²) in [6, 6.07) is 19.2. The molecule has 0 radical (unpaired) electrons. The van der Waals surface area contributed by atoms with Gasteiger partial charge in [0.05, 0.1) is 38.0 Å². The van der Waals surface area contributed by atoms with Gasteiger partial charge < -0.3 is 34.9 Å². The number of carbonyl (C=O) groups is 3. The highest BCUT2D eigenvalue weighted by atomic mass is 16.5. The van der Waals surface area contributed by atoms with Crippen molar-refractivity contribution in [2.24, 2.45) is 5.92 Å². The maximum absolute atomic E-state index is 13.5. The minimum absolute atomic E-state index is 0.214. The van der Waals surface area contributed by atoms with Crippen LogP contribution in [0.4, 0.5) is 17.1 Å². The van der Waals surface area contributed by atoms with E-state index in [0.717, 1.165) is 32.1 Å². The average Bonchev–Trinajstić information content (AvgIpc) is 3.06. The van der Waals surface area contributed by atoms with Crippen LogP contribution in [-0.2, 0) is 14.4 Å². The first kappa shape index (κ1) is 36.7. The zero-order valence-corrected chi connectivity index (χ0v) is 28.1. The van der Waals surface area contributed by atoms with Crippen LogP contribution >= 0.6 is 0 Å². The largest absolute Gasteiger partial charge is 0.494 e. The molecular formula is C37H49N3O7. The Morgan fingerprint density at radius 1 is 0.574 bits per heavy atom. The van der Waals surface area contributed by atoms with Gasteiger partial charge in [-0.1, -0.05) is 33.6 Å². The lowest BCUT2D eigenvalue weighted by molar-refractivity contribution is -0.127. The first-order valence-electron chi connectivity index (χ1n) is 16.6. The van der Waals surface area contributed by atoms with E-state index in [4.69, 9.17) is 18.9 Å². The fraction of sp³-hybridized carbons (Fsp3) is 0.432. The summed E-state index contributed by atoms with van der Waals surface area (Å²) >= 11 is 0. The molecule has 0 aliphatic carbocycles. The predicted molar refractivity (Wildman–Crippen MR) is 186 cm³/mol. The second-order valence-electron chi connectivity index (χ2n) is 11.1. The SMILES string of the molecule is CCCCOc1ccc(NC(=O)CC(CC(=O)Nc2ccc(OCCCC)cc2OCC)C(=O)Nc2ccc(OCCC)cc2)cc1. The maximum atomic E-state index is 13.5. The molecule has 254 valence electrons. The molecule has 1 atom stereocenters. The van der Waals surface area contributed by atoms with Crippen molar-refractivity contribution in [2.45, 2.75) is 72.6 Å². The molecule has 10 heteroatoms. The van der Waals surface area contributed by atoms with Crippen LogP contribution in [0.15, 0.2) is 66.7 Å². The van der Waals surface area contributed by atoms with Gasteiger partial charge in [0.2, 0.25) is 17.7 Å². The lowest BCUT2D eigenvalue weighted by Gasteiger charge is -2.18. The monoisotopic (exact) mass is 647 g/mol. The smallest absolute Gasteiger partial charge is 0.228 e. The molecule has 10 nitrogen and oxygen atoms in total. The Labute approximate surface area is 278 Å². The molecule has 0 heterocycles. The van der Waals surface area contributed by atoms with Crippen molar-refractivity contribution < 1.29 is 33.3 Å². The van der Waals surface area contributed by atoms with Gasteiger partial charge in [-0.05, 0) is 86.8 Å². The van der Waals surface area contributed by atoms with Crippen molar-refractivity contribution in [3.63, 3.8) is 0 Å². The second kappa shape index (κ2) is 20.4. The predicted octanol–water partition coefficient (Wildman–Crippen LogP) is 7.84. The molecule has 3 N–H and O–H groups in total. The van der Waals surface area contributed by atoms with Gasteiger partial charge in [0.15, 0.2) is 0 Å². The number of amides is 3. The van der Waals surface area contributed by atoms with Crippen molar-refractivity contribution in [1.82, 2.24) is 0 Å². The minimum Gasteiger partial charge on any atom is -0.494 e. The molecule has 3 aromatic carbocycles. The lowest BCUT2D eigenvalue weighted by Crippen LogP contribution is -2.31. The summed E-state index contributed by atoms with van der Waals surface area (Å²) in [7, 11) is 0. The Kier molecular flexibility index (Phi) is 15.9. The summed E-state index contributed by atoms with van der Waals surface area (Å²) in [6.07, 6.45) is 4.36. The average molecular weight is 648 g/mol. The molecule has 0 saturated carbocycles. The van der Waals surface area contributed by atoms with Crippen LogP contribution in [0, 0.1) is 5.92 Å². The fourth-order valence-electron chi connectivity index (χ4n) is 4.49. The summed E-state index contributed by atoms with van der Waals surface area (Å²) in [5, 5.41) is 8.53. The number of nitrogens with one attached hydrogen (secondary N) is 3. The van der Waals surface area contributed by atoms with E-state index in [0.29, 0.717) is 66.5 Å². The first-order chi connectivity index (χ1) is 22.8. The quantitative estimate of drug-likeness (QED) is 0.101. The van der Waals surface area contributed by atoms with E-state index in [1.165, 1.54) is 0 Å². The third kappa shape index (κ3) is 13.3. The topological polar surface area (TPSA) is 124 Å². The Bertz CT molecular complexity index is 1390. The van der Waals surface area contributed by atoms with Gasteiger partial charge in [0, 0.05) is 30.3 Å². The normalized spacial score (nSPS) is 11.2. The molecule has 0 aliphatic heterocycles. The summed E-state index contributed by atoms with van der Waals surface area (Å²) in [5.41, 5.74) is 1.54. The van der Waals surface area contributed by atoms with Crippen LogP contribution < -0.4 is 34.9 Å². The molecule has 3 rings (SSSR count). The van der Waals surface area contributed by atoms with E-state index in [-0.39, 0.29) is 12.8 Å². The first-order valence-corrected chi connectivity index (χ1v) is 16.6.